The van der Waals surface area contributed by atoms with Gasteiger partial charge in [-0.05, 0) is 69.1 Å². The zero-order valence-corrected chi connectivity index (χ0v) is 12.3. The summed E-state index contributed by atoms with van der Waals surface area (Å²) in [5, 5.41) is 0. The summed E-state index contributed by atoms with van der Waals surface area (Å²) in [6.07, 6.45) is 13.5. The molecule has 4 saturated carbocycles. The van der Waals surface area contributed by atoms with E-state index in [-0.39, 0.29) is 5.60 Å². The molecule has 0 spiro atoms. The Labute approximate surface area is 117 Å². The molecule has 19 heavy (non-hydrogen) atoms. The lowest BCUT2D eigenvalue weighted by atomic mass is 9.66. The van der Waals surface area contributed by atoms with Gasteiger partial charge in [-0.1, -0.05) is 19.4 Å². The van der Waals surface area contributed by atoms with E-state index in [2.05, 4.69) is 13.5 Å². The Morgan fingerprint density at radius 3 is 1.74 bits per heavy atom. The zero-order valence-electron chi connectivity index (χ0n) is 12.3. The van der Waals surface area contributed by atoms with Crippen LogP contribution in [0, 0.1) is 35.5 Å². The van der Waals surface area contributed by atoms with Crippen molar-refractivity contribution in [1.29, 1.82) is 0 Å². The Morgan fingerprint density at radius 1 is 0.895 bits per heavy atom. The van der Waals surface area contributed by atoms with Crippen LogP contribution >= 0.6 is 0 Å². The first-order chi connectivity index (χ1) is 9.20. The molecule has 1 heteroatoms. The largest absolute Gasteiger partial charge is 0.495 e. The van der Waals surface area contributed by atoms with Gasteiger partial charge >= 0.3 is 0 Å². The lowest BCUT2D eigenvalue weighted by Crippen LogP contribution is -2.48. The minimum Gasteiger partial charge on any atom is -0.495 e. The van der Waals surface area contributed by atoms with Gasteiger partial charge in [0.1, 0.15) is 5.60 Å². The summed E-state index contributed by atoms with van der Waals surface area (Å²) in [5.74, 6) is 5.56. The van der Waals surface area contributed by atoms with Crippen LogP contribution in [0.3, 0.4) is 0 Å². The van der Waals surface area contributed by atoms with Gasteiger partial charge in [-0.15, -0.1) is 0 Å². The monoisotopic (exact) mass is 260 g/mol. The van der Waals surface area contributed by atoms with Gasteiger partial charge in [0, 0.05) is 11.8 Å². The molecule has 4 aliphatic rings. The maximum atomic E-state index is 6.27. The van der Waals surface area contributed by atoms with Crippen LogP contribution in [-0.4, -0.2) is 5.60 Å². The standard InChI is InChI=1S/C18H28O/c1-3-19-18(2,16-10-12-4-6-14(16)8-12)17-11-13-5-7-15(17)9-13/h3,12-17H,1,4-11H2,2H3. The van der Waals surface area contributed by atoms with Gasteiger partial charge in [0.05, 0.1) is 6.26 Å². The fourth-order valence-electron chi connectivity index (χ4n) is 6.52. The molecule has 106 valence electrons. The molecule has 6 atom stereocenters. The molecule has 0 aliphatic heterocycles. The van der Waals surface area contributed by atoms with Crippen LogP contribution < -0.4 is 0 Å². The summed E-state index contributed by atoms with van der Waals surface area (Å²) in [5.41, 5.74) is 0.0986. The van der Waals surface area contributed by atoms with Crippen LogP contribution in [0.1, 0.15) is 58.3 Å². The molecule has 0 saturated heterocycles. The molecular formula is C18H28O. The third-order valence-electron chi connectivity index (χ3n) is 7.29. The Morgan fingerprint density at radius 2 is 1.42 bits per heavy atom. The van der Waals surface area contributed by atoms with Gasteiger partial charge in [-0.3, -0.25) is 0 Å². The van der Waals surface area contributed by atoms with Crippen LogP contribution in [0.4, 0.5) is 0 Å². The molecular weight excluding hydrogens is 232 g/mol. The highest BCUT2D eigenvalue weighted by Crippen LogP contribution is 2.60. The molecule has 4 fully saturated rings. The Bertz CT molecular complexity index is 346. The lowest BCUT2D eigenvalue weighted by Gasteiger charge is -2.46. The van der Waals surface area contributed by atoms with E-state index in [9.17, 15) is 0 Å². The third kappa shape index (κ3) is 1.73. The molecule has 0 aromatic rings. The average Bonchev–Trinajstić information content (AvgIpc) is 3.18. The van der Waals surface area contributed by atoms with Gasteiger partial charge in [0.15, 0.2) is 0 Å². The van der Waals surface area contributed by atoms with Gasteiger partial charge in [0.2, 0.25) is 0 Å². The number of fused-ring (bicyclic) bond motifs is 4. The summed E-state index contributed by atoms with van der Waals surface area (Å²) in [6.45, 7) is 6.33. The zero-order chi connectivity index (χ0) is 13.0. The molecule has 0 aromatic carbocycles. The molecule has 1 nitrogen and oxygen atoms in total. The van der Waals surface area contributed by atoms with Crippen molar-refractivity contribution in [2.45, 2.75) is 63.9 Å². The Hall–Kier alpha value is -0.460. The van der Waals surface area contributed by atoms with Crippen LogP contribution in [-0.2, 0) is 4.74 Å². The van der Waals surface area contributed by atoms with Gasteiger partial charge < -0.3 is 4.74 Å². The van der Waals surface area contributed by atoms with Crippen molar-refractivity contribution < 1.29 is 4.74 Å². The van der Waals surface area contributed by atoms with Crippen molar-refractivity contribution in [2.75, 3.05) is 0 Å². The quantitative estimate of drug-likeness (QED) is 0.661. The number of hydrogen-bond acceptors (Lipinski definition) is 1. The Kier molecular flexibility index (Phi) is 2.76. The highest BCUT2D eigenvalue weighted by molar-refractivity contribution is 5.07. The first-order valence-electron chi connectivity index (χ1n) is 8.49. The van der Waals surface area contributed by atoms with Crippen LogP contribution in [0.25, 0.3) is 0 Å². The van der Waals surface area contributed by atoms with Crippen molar-refractivity contribution in [2.24, 2.45) is 35.5 Å². The van der Waals surface area contributed by atoms with Gasteiger partial charge in [0.25, 0.3) is 0 Å². The topological polar surface area (TPSA) is 9.23 Å². The van der Waals surface area contributed by atoms with Crippen LogP contribution in [0.15, 0.2) is 12.8 Å². The second-order valence-electron chi connectivity index (χ2n) is 8.03. The second kappa shape index (κ2) is 4.27. The molecule has 4 rings (SSSR count). The van der Waals surface area contributed by atoms with Crippen molar-refractivity contribution in [1.82, 2.24) is 0 Å². The van der Waals surface area contributed by atoms with E-state index in [1.165, 1.54) is 51.4 Å². The summed E-state index contributed by atoms with van der Waals surface area (Å²) < 4.78 is 6.27. The van der Waals surface area contributed by atoms with Crippen molar-refractivity contribution in [3.8, 4) is 0 Å². The summed E-state index contributed by atoms with van der Waals surface area (Å²) in [7, 11) is 0. The highest BCUT2D eigenvalue weighted by Gasteiger charge is 2.57. The third-order valence-corrected chi connectivity index (χ3v) is 7.29. The molecule has 0 radical (unpaired) electrons. The van der Waals surface area contributed by atoms with E-state index >= 15 is 0 Å². The maximum absolute atomic E-state index is 6.27. The van der Waals surface area contributed by atoms with Crippen molar-refractivity contribution >= 4 is 0 Å². The first-order valence-corrected chi connectivity index (χ1v) is 8.49. The van der Waals surface area contributed by atoms with E-state index in [0.717, 1.165) is 35.5 Å². The first kappa shape index (κ1) is 12.3. The van der Waals surface area contributed by atoms with Crippen LogP contribution in [0.5, 0.6) is 0 Å². The summed E-state index contributed by atoms with van der Waals surface area (Å²) in [6, 6.07) is 0. The van der Waals surface area contributed by atoms with E-state index in [0.29, 0.717) is 0 Å². The predicted molar refractivity (Wildman–Crippen MR) is 77.6 cm³/mol. The van der Waals surface area contributed by atoms with E-state index in [4.69, 9.17) is 4.74 Å². The maximum Gasteiger partial charge on any atom is 0.111 e. The molecule has 4 bridgehead atoms. The summed E-state index contributed by atoms with van der Waals surface area (Å²) in [4.78, 5) is 0. The SMILES string of the molecule is C=COC(C)(C1CC2CCC1C2)C1CC2CCC1C2. The van der Waals surface area contributed by atoms with Gasteiger partial charge in [-0.25, -0.2) is 0 Å². The van der Waals surface area contributed by atoms with E-state index in [1.54, 1.807) is 6.26 Å². The molecule has 0 heterocycles. The fraction of sp³-hybridized carbons (Fsp3) is 0.889. The van der Waals surface area contributed by atoms with E-state index in [1.807, 2.05) is 0 Å². The smallest absolute Gasteiger partial charge is 0.111 e. The van der Waals surface area contributed by atoms with Gasteiger partial charge in [-0.2, -0.15) is 0 Å². The van der Waals surface area contributed by atoms with E-state index < -0.39 is 0 Å². The van der Waals surface area contributed by atoms with Crippen molar-refractivity contribution in [3.63, 3.8) is 0 Å². The lowest BCUT2D eigenvalue weighted by molar-refractivity contribution is -0.0972. The highest BCUT2D eigenvalue weighted by atomic mass is 16.5. The average molecular weight is 260 g/mol. The fourth-order valence-corrected chi connectivity index (χ4v) is 6.52. The molecule has 0 N–H and O–H groups in total. The molecule has 0 amide bonds. The number of ether oxygens (including phenoxy) is 1. The minimum absolute atomic E-state index is 0.0986. The van der Waals surface area contributed by atoms with Crippen molar-refractivity contribution in [3.05, 3.63) is 12.8 Å². The predicted octanol–water partition coefficient (Wildman–Crippen LogP) is 4.78. The second-order valence-corrected chi connectivity index (χ2v) is 8.03. The van der Waals surface area contributed by atoms with Crippen LogP contribution in [0.2, 0.25) is 0 Å². The molecule has 0 aromatic heterocycles. The Balaban J connectivity index is 1.60. The number of hydrogen-bond donors (Lipinski definition) is 0. The number of rotatable bonds is 4. The molecule has 6 unspecified atom stereocenters. The summed E-state index contributed by atoms with van der Waals surface area (Å²) >= 11 is 0. The minimum atomic E-state index is 0.0986. The molecule has 4 aliphatic carbocycles. The normalized spacial score (nSPS) is 50.4.